The molecule has 0 fully saturated rings. The van der Waals surface area contributed by atoms with Gasteiger partial charge in [-0.1, -0.05) is 6.07 Å². The molecule has 8 heteroatoms. The molecule has 0 saturated carbocycles. The molecule has 0 aliphatic carbocycles. The van der Waals surface area contributed by atoms with E-state index >= 15 is 0 Å². The molecule has 7 nitrogen and oxygen atoms in total. The minimum absolute atomic E-state index is 0.238. The van der Waals surface area contributed by atoms with Crippen LogP contribution in [0.4, 0.5) is 5.82 Å². The van der Waals surface area contributed by atoms with Crippen molar-refractivity contribution in [1.82, 2.24) is 19.5 Å². The Morgan fingerprint density at radius 1 is 1.15 bits per heavy atom. The predicted octanol–water partition coefficient (Wildman–Crippen LogP) is 3.83. The molecule has 0 unspecified atom stereocenters. The lowest BCUT2D eigenvalue weighted by atomic mass is 10.0. The van der Waals surface area contributed by atoms with Gasteiger partial charge in [-0.25, -0.2) is 9.97 Å². The number of anilines is 1. The molecule has 1 aliphatic rings. The van der Waals surface area contributed by atoms with E-state index in [1.54, 1.807) is 28.4 Å². The van der Waals surface area contributed by atoms with Crippen LogP contribution in [0.2, 0.25) is 0 Å². The van der Waals surface area contributed by atoms with Crippen LogP contribution < -0.4 is 14.8 Å². The summed E-state index contributed by atoms with van der Waals surface area (Å²) in [5, 5.41) is 5.26. The lowest BCUT2D eigenvalue weighted by molar-refractivity contribution is 0.174. The highest BCUT2D eigenvalue weighted by Gasteiger charge is 2.21. The Morgan fingerprint density at radius 3 is 2.85 bits per heavy atom. The van der Waals surface area contributed by atoms with Gasteiger partial charge in [0.1, 0.15) is 12.1 Å². The zero-order valence-corrected chi connectivity index (χ0v) is 15.2. The van der Waals surface area contributed by atoms with Crippen LogP contribution in [0.15, 0.2) is 54.4 Å². The molecule has 1 aliphatic heterocycles. The highest BCUT2D eigenvalue weighted by molar-refractivity contribution is 7.13. The van der Waals surface area contributed by atoms with Gasteiger partial charge in [-0.2, -0.15) is 4.98 Å². The average Bonchev–Trinajstić information content (AvgIpc) is 3.48. The summed E-state index contributed by atoms with van der Waals surface area (Å²) < 4.78 is 12.8. The summed E-state index contributed by atoms with van der Waals surface area (Å²) in [6.07, 6.45) is 5.21. The SMILES string of the molecule is CNc1nc(-n2ccnc2)nc(-c2ccc3c(c2)OCO3)c1-c1cccs1. The van der Waals surface area contributed by atoms with E-state index in [1.165, 1.54) is 0 Å². The summed E-state index contributed by atoms with van der Waals surface area (Å²) in [5.74, 6) is 2.77. The Hall–Kier alpha value is -3.39. The second-order valence-electron chi connectivity index (χ2n) is 5.86. The van der Waals surface area contributed by atoms with Crippen LogP contribution in [-0.2, 0) is 0 Å². The monoisotopic (exact) mass is 377 g/mol. The number of nitrogens with one attached hydrogen (secondary N) is 1. The van der Waals surface area contributed by atoms with Gasteiger partial charge in [0.2, 0.25) is 12.7 Å². The molecule has 0 spiro atoms. The smallest absolute Gasteiger partial charge is 0.237 e. The zero-order chi connectivity index (χ0) is 18.2. The molecule has 134 valence electrons. The van der Waals surface area contributed by atoms with E-state index in [-0.39, 0.29) is 6.79 Å². The number of nitrogens with zero attached hydrogens (tertiary/aromatic N) is 4. The highest BCUT2D eigenvalue weighted by Crippen LogP contribution is 2.42. The highest BCUT2D eigenvalue weighted by atomic mass is 32.1. The number of aromatic nitrogens is 4. The molecule has 5 rings (SSSR count). The van der Waals surface area contributed by atoms with Crippen LogP contribution in [-0.4, -0.2) is 33.4 Å². The summed E-state index contributed by atoms with van der Waals surface area (Å²) in [6, 6.07) is 9.95. The van der Waals surface area contributed by atoms with Crippen molar-refractivity contribution in [2.45, 2.75) is 0 Å². The predicted molar refractivity (Wildman–Crippen MR) is 104 cm³/mol. The van der Waals surface area contributed by atoms with Crippen LogP contribution >= 0.6 is 11.3 Å². The van der Waals surface area contributed by atoms with E-state index in [0.29, 0.717) is 5.95 Å². The Bertz CT molecular complexity index is 1090. The van der Waals surface area contributed by atoms with Crippen molar-refractivity contribution in [2.24, 2.45) is 0 Å². The molecular weight excluding hydrogens is 362 g/mol. The molecule has 4 heterocycles. The lowest BCUT2D eigenvalue weighted by Gasteiger charge is -2.15. The summed E-state index contributed by atoms with van der Waals surface area (Å²) >= 11 is 1.65. The fraction of sp³-hybridized carbons (Fsp3) is 0.105. The Kier molecular flexibility index (Phi) is 3.75. The van der Waals surface area contributed by atoms with E-state index in [1.807, 2.05) is 42.9 Å². The van der Waals surface area contributed by atoms with Gasteiger partial charge in [-0.05, 0) is 29.6 Å². The Balaban J connectivity index is 1.77. The molecular formula is C19H15N5O2S. The molecule has 0 saturated heterocycles. The second kappa shape index (κ2) is 6.40. The van der Waals surface area contributed by atoms with E-state index < -0.39 is 0 Å². The minimum Gasteiger partial charge on any atom is -0.454 e. The van der Waals surface area contributed by atoms with Crippen LogP contribution in [0, 0.1) is 0 Å². The van der Waals surface area contributed by atoms with Gasteiger partial charge in [0, 0.05) is 29.9 Å². The van der Waals surface area contributed by atoms with Gasteiger partial charge in [0.25, 0.3) is 0 Å². The van der Waals surface area contributed by atoms with E-state index in [0.717, 1.165) is 39.0 Å². The number of hydrogen-bond donors (Lipinski definition) is 1. The Labute approximate surface area is 159 Å². The van der Waals surface area contributed by atoms with Gasteiger partial charge < -0.3 is 14.8 Å². The zero-order valence-electron chi connectivity index (χ0n) is 14.4. The normalized spacial score (nSPS) is 12.3. The largest absolute Gasteiger partial charge is 0.454 e. The van der Waals surface area contributed by atoms with Crippen LogP contribution in [0.1, 0.15) is 0 Å². The third-order valence-corrected chi connectivity index (χ3v) is 5.17. The molecule has 0 radical (unpaired) electrons. The van der Waals surface area contributed by atoms with E-state index in [9.17, 15) is 0 Å². The number of ether oxygens (including phenoxy) is 2. The number of fused-ring (bicyclic) bond motifs is 1. The topological polar surface area (TPSA) is 74.1 Å². The van der Waals surface area contributed by atoms with Crippen molar-refractivity contribution in [2.75, 3.05) is 19.2 Å². The summed E-state index contributed by atoms with van der Waals surface area (Å²) in [4.78, 5) is 14.7. The van der Waals surface area contributed by atoms with Gasteiger partial charge in [-0.3, -0.25) is 4.57 Å². The Morgan fingerprint density at radius 2 is 2.07 bits per heavy atom. The maximum Gasteiger partial charge on any atom is 0.237 e. The third-order valence-electron chi connectivity index (χ3n) is 4.28. The van der Waals surface area contributed by atoms with E-state index in [4.69, 9.17) is 19.4 Å². The first kappa shape index (κ1) is 15.8. The summed E-state index contributed by atoms with van der Waals surface area (Å²) in [6.45, 7) is 0.238. The van der Waals surface area contributed by atoms with E-state index in [2.05, 4.69) is 16.4 Å². The first-order valence-corrected chi connectivity index (χ1v) is 9.23. The number of thiophene rings is 1. The number of hydrogen-bond acceptors (Lipinski definition) is 7. The van der Waals surface area contributed by atoms with Gasteiger partial charge in [0.15, 0.2) is 11.5 Å². The average molecular weight is 377 g/mol. The van der Waals surface area contributed by atoms with Crippen molar-refractivity contribution in [1.29, 1.82) is 0 Å². The second-order valence-corrected chi connectivity index (χ2v) is 6.81. The van der Waals surface area contributed by atoms with Crippen molar-refractivity contribution in [3.05, 3.63) is 54.4 Å². The van der Waals surface area contributed by atoms with Crippen molar-refractivity contribution in [3.63, 3.8) is 0 Å². The van der Waals surface area contributed by atoms with Gasteiger partial charge in [0.05, 0.1) is 11.3 Å². The quantitative estimate of drug-likeness (QED) is 0.583. The molecule has 4 aromatic rings. The number of rotatable bonds is 4. The van der Waals surface area contributed by atoms with Crippen molar-refractivity contribution in [3.8, 4) is 39.1 Å². The van der Waals surface area contributed by atoms with Crippen LogP contribution in [0.25, 0.3) is 27.6 Å². The maximum absolute atomic E-state index is 5.56. The minimum atomic E-state index is 0.238. The molecule has 1 N–H and O–H groups in total. The summed E-state index contributed by atoms with van der Waals surface area (Å²) in [7, 11) is 1.86. The third kappa shape index (κ3) is 2.70. The molecule has 0 amide bonds. The molecule has 0 bridgehead atoms. The maximum atomic E-state index is 5.56. The van der Waals surface area contributed by atoms with Crippen LogP contribution in [0.5, 0.6) is 11.5 Å². The first-order chi connectivity index (χ1) is 13.3. The summed E-state index contributed by atoms with van der Waals surface area (Å²) in [5.41, 5.74) is 2.71. The molecule has 3 aromatic heterocycles. The number of imidazole rings is 1. The molecule has 1 aromatic carbocycles. The molecule has 27 heavy (non-hydrogen) atoms. The standard InChI is InChI=1S/C19H15N5O2S/c1-20-18-16(15-3-2-8-27-15)17(22-19(23-18)24-7-6-21-10-24)12-4-5-13-14(9-12)26-11-25-13/h2-10H,11H2,1H3,(H,20,22,23). The van der Waals surface area contributed by atoms with Crippen molar-refractivity contribution < 1.29 is 9.47 Å². The van der Waals surface area contributed by atoms with Crippen molar-refractivity contribution >= 4 is 17.2 Å². The molecule has 0 atom stereocenters. The fourth-order valence-electron chi connectivity index (χ4n) is 3.03. The number of benzene rings is 1. The van der Waals surface area contributed by atoms with Gasteiger partial charge >= 0.3 is 0 Å². The first-order valence-electron chi connectivity index (χ1n) is 8.35. The van der Waals surface area contributed by atoms with Crippen LogP contribution in [0.3, 0.4) is 0 Å². The fourth-order valence-corrected chi connectivity index (χ4v) is 3.80. The van der Waals surface area contributed by atoms with Gasteiger partial charge in [-0.15, -0.1) is 11.3 Å². The lowest BCUT2D eigenvalue weighted by Crippen LogP contribution is -2.06.